The van der Waals surface area contributed by atoms with Gasteiger partial charge in [-0.25, -0.2) is 0 Å². The van der Waals surface area contributed by atoms with Gasteiger partial charge in [-0.3, -0.25) is 0 Å². The molecule has 0 atom stereocenters. The standard InChI is InChI=1S/C16H28N2/c1-6-17-11-12-18(5)13-14-9-7-8-10-15(14)16(2,3)4/h7-10,17H,6,11-13H2,1-5H3. The Morgan fingerprint density at radius 2 is 1.83 bits per heavy atom. The van der Waals surface area contributed by atoms with Crippen LogP contribution in [0.3, 0.4) is 0 Å². The predicted molar refractivity (Wildman–Crippen MR) is 80.0 cm³/mol. The lowest BCUT2D eigenvalue weighted by Crippen LogP contribution is -2.29. The molecule has 1 rings (SSSR count). The minimum Gasteiger partial charge on any atom is -0.316 e. The zero-order valence-corrected chi connectivity index (χ0v) is 12.6. The second-order valence-corrected chi connectivity index (χ2v) is 6.00. The highest BCUT2D eigenvalue weighted by atomic mass is 15.1. The molecule has 0 saturated carbocycles. The van der Waals surface area contributed by atoms with Crippen molar-refractivity contribution in [3.8, 4) is 0 Å². The summed E-state index contributed by atoms with van der Waals surface area (Å²) in [5, 5.41) is 3.37. The molecule has 0 bridgehead atoms. The lowest BCUT2D eigenvalue weighted by molar-refractivity contribution is 0.323. The van der Waals surface area contributed by atoms with Crippen molar-refractivity contribution in [1.82, 2.24) is 10.2 Å². The zero-order chi connectivity index (χ0) is 13.6. The smallest absolute Gasteiger partial charge is 0.0234 e. The summed E-state index contributed by atoms with van der Waals surface area (Å²) in [6.45, 7) is 13.2. The molecule has 1 N–H and O–H groups in total. The first kappa shape index (κ1) is 15.2. The minimum atomic E-state index is 0.221. The van der Waals surface area contributed by atoms with Crippen LogP contribution in [0.2, 0.25) is 0 Å². The molecule has 2 heteroatoms. The maximum Gasteiger partial charge on any atom is 0.0234 e. The summed E-state index contributed by atoms with van der Waals surface area (Å²) in [5.74, 6) is 0. The van der Waals surface area contributed by atoms with E-state index < -0.39 is 0 Å². The van der Waals surface area contributed by atoms with E-state index in [-0.39, 0.29) is 5.41 Å². The summed E-state index contributed by atoms with van der Waals surface area (Å²) in [5.41, 5.74) is 3.13. The van der Waals surface area contributed by atoms with Crippen LogP contribution >= 0.6 is 0 Å². The fourth-order valence-corrected chi connectivity index (χ4v) is 2.21. The van der Waals surface area contributed by atoms with E-state index in [1.165, 1.54) is 11.1 Å². The minimum absolute atomic E-state index is 0.221. The van der Waals surface area contributed by atoms with Gasteiger partial charge in [-0.15, -0.1) is 0 Å². The molecule has 0 aliphatic heterocycles. The molecule has 0 amide bonds. The average Bonchev–Trinajstić information content (AvgIpc) is 2.28. The average molecular weight is 248 g/mol. The Kier molecular flexibility index (Phi) is 5.83. The fraction of sp³-hybridized carbons (Fsp3) is 0.625. The van der Waals surface area contributed by atoms with E-state index in [4.69, 9.17) is 0 Å². The van der Waals surface area contributed by atoms with E-state index in [0.29, 0.717) is 0 Å². The van der Waals surface area contributed by atoms with Gasteiger partial charge >= 0.3 is 0 Å². The largest absolute Gasteiger partial charge is 0.316 e. The summed E-state index contributed by atoms with van der Waals surface area (Å²) in [6, 6.07) is 8.79. The lowest BCUT2D eigenvalue weighted by Gasteiger charge is -2.25. The first-order chi connectivity index (χ1) is 8.45. The van der Waals surface area contributed by atoms with Crippen molar-refractivity contribution in [3.63, 3.8) is 0 Å². The number of rotatable bonds is 6. The summed E-state index contributed by atoms with van der Waals surface area (Å²) < 4.78 is 0. The molecule has 1 aromatic rings. The van der Waals surface area contributed by atoms with E-state index in [1.54, 1.807) is 0 Å². The van der Waals surface area contributed by atoms with E-state index >= 15 is 0 Å². The molecule has 0 unspecified atom stereocenters. The quantitative estimate of drug-likeness (QED) is 0.779. The van der Waals surface area contributed by atoms with E-state index in [0.717, 1.165) is 26.2 Å². The maximum absolute atomic E-state index is 3.37. The number of hydrogen-bond donors (Lipinski definition) is 1. The van der Waals surface area contributed by atoms with Crippen LogP contribution in [0.1, 0.15) is 38.8 Å². The molecule has 0 fully saturated rings. The zero-order valence-electron chi connectivity index (χ0n) is 12.6. The van der Waals surface area contributed by atoms with E-state index in [9.17, 15) is 0 Å². The molecule has 0 saturated heterocycles. The molecule has 0 aliphatic carbocycles. The Morgan fingerprint density at radius 3 is 2.44 bits per heavy atom. The summed E-state index contributed by atoms with van der Waals surface area (Å²) in [7, 11) is 2.19. The van der Waals surface area contributed by atoms with Crippen molar-refractivity contribution in [2.45, 2.75) is 39.7 Å². The fourth-order valence-electron chi connectivity index (χ4n) is 2.21. The third kappa shape index (κ3) is 4.79. The van der Waals surface area contributed by atoms with Crippen molar-refractivity contribution in [2.75, 3.05) is 26.7 Å². The van der Waals surface area contributed by atoms with Gasteiger partial charge in [0.2, 0.25) is 0 Å². The van der Waals surface area contributed by atoms with Gasteiger partial charge in [0.25, 0.3) is 0 Å². The number of benzene rings is 1. The van der Waals surface area contributed by atoms with Crippen molar-refractivity contribution >= 4 is 0 Å². The van der Waals surface area contributed by atoms with Crippen LogP contribution in [0.5, 0.6) is 0 Å². The SMILES string of the molecule is CCNCCN(C)Cc1ccccc1C(C)(C)C. The molecule has 1 aromatic carbocycles. The van der Waals surface area contributed by atoms with E-state index in [1.807, 2.05) is 0 Å². The van der Waals surface area contributed by atoms with Crippen LogP contribution in [0.15, 0.2) is 24.3 Å². The third-order valence-corrected chi connectivity index (χ3v) is 3.19. The van der Waals surface area contributed by atoms with Gasteiger partial charge in [-0.05, 0) is 30.1 Å². The Morgan fingerprint density at radius 1 is 1.17 bits per heavy atom. The molecule has 18 heavy (non-hydrogen) atoms. The monoisotopic (exact) mass is 248 g/mol. The third-order valence-electron chi connectivity index (χ3n) is 3.19. The van der Waals surface area contributed by atoms with Crippen molar-refractivity contribution < 1.29 is 0 Å². The Balaban J connectivity index is 2.66. The summed E-state index contributed by atoms with van der Waals surface area (Å²) in [6.07, 6.45) is 0. The second-order valence-electron chi connectivity index (χ2n) is 6.00. The first-order valence-electron chi connectivity index (χ1n) is 6.92. The van der Waals surface area contributed by atoms with Crippen LogP contribution in [0.25, 0.3) is 0 Å². The van der Waals surface area contributed by atoms with Gasteiger partial charge in [0, 0.05) is 19.6 Å². The number of hydrogen-bond acceptors (Lipinski definition) is 2. The molecule has 0 aliphatic rings. The lowest BCUT2D eigenvalue weighted by atomic mass is 9.83. The van der Waals surface area contributed by atoms with E-state index in [2.05, 4.69) is 69.2 Å². The van der Waals surface area contributed by atoms with Gasteiger partial charge in [-0.1, -0.05) is 52.0 Å². The maximum atomic E-state index is 3.37. The normalized spacial score (nSPS) is 12.1. The predicted octanol–water partition coefficient (Wildman–Crippen LogP) is 3.03. The highest BCUT2D eigenvalue weighted by Crippen LogP contribution is 2.26. The number of nitrogens with one attached hydrogen (secondary N) is 1. The number of likely N-dealkylation sites (N-methyl/N-ethyl adjacent to an activating group) is 2. The molecule has 0 heterocycles. The Hall–Kier alpha value is -0.860. The van der Waals surface area contributed by atoms with Crippen LogP contribution in [0, 0.1) is 0 Å². The first-order valence-corrected chi connectivity index (χ1v) is 6.92. The van der Waals surface area contributed by atoms with Crippen LogP contribution in [-0.2, 0) is 12.0 Å². The van der Waals surface area contributed by atoms with Crippen LogP contribution in [-0.4, -0.2) is 31.6 Å². The van der Waals surface area contributed by atoms with Gasteiger partial charge in [0.05, 0.1) is 0 Å². The highest BCUT2D eigenvalue weighted by Gasteiger charge is 2.17. The summed E-state index contributed by atoms with van der Waals surface area (Å²) in [4.78, 5) is 2.38. The second kappa shape index (κ2) is 6.91. The van der Waals surface area contributed by atoms with Gasteiger partial charge < -0.3 is 10.2 Å². The number of nitrogens with zero attached hydrogens (tertiary/aromatic N) is 1. The Labute approximate surface area is 112 Å². The van der Waals surface area contributed by atoms with Gasteiger partial charge in [0.1, 0.15) is 0 Å². The molecule has 0 aromatic heterocycles. The summed E-state index contributed by atoms with van der Waals surface area (Å²) >= 11 is 0. The van der Waals surface area contributed by atoms with Crippen molar-refractivity contribution in [3.05, 3.63) is 35.4 Å². The molecule has 2 nitrogen and oxygen atoms in total. The topological polar surface area (TPSA) is 15.3 Å². The van der Waals surface area contributed by atoms with Crippen molar-refractivity contribution in [2.24, 2.45) is 0 Å². The Bertz CT molecular complexity index is 352. The van der Waals surface area contributed by atoms with Crippen molar-refractivity contribution in [1.29, 1.82) is 0 Å². The molecular formula is C16H28N2. The molecular weight excluding hydrogens is 220 g/mol. The van der Waals surface area contributed by atoms with Gasteiger partial charge in [0.15, 0.2) is 0 Å². The highest BCUT2D eigenvalue weighted by molar-refractivity contribution is 5.32. The molecule has 102 valence electrons. The van der Waals surface area contributed by atoms with Crippen LogP contribution < -0.4 is 5.32 Å². The molecule has 0 spiro atoms. The van der Waals surface area contributed by atoms with Crippen LogP contribution in [0.4, 0.5) is 0 Å². The molecule has 0 radical (unpaired) electrons. The van der Waals surface area contributed by atoms with Gasteiger partial charge in [-0.2, -0.15) is 0 Å².